The van der Waals surface area contributed by atoms with E-state index in [4.69, 9.17) is 16.3 Å². The Kier molecular flexibility index (Phi) is 5.43. The lowest BCUT2D eigenvalue weighted by Gasteiger charge is -2.28. The van der Waals surface area contributed by atoms with Gasteiger partial charge in [-0.1, -0.05) is 11.6 Å². The molecule has 3 heterocycles. The van der Waals surface area contributed by atoms with Crippen molar-refractivity contribution < 1.29 is 4.74 Å². The van der Waals surface area contributed by atoms with Crippen LogP contribution in [0.15, 0.2) is 24.7 Å². The Balaban J connectivity index is 1.57. The highest BCUT2D eigenvalue weighted by Crippen LogP contribution is 2.38. The number of halogens is 1. The molecule has 1 fully saturated rings. The summed E-state index contributed by atoms with van der Waals surface area (Å²) in [7, 11) is 2.02. The number of fused-ring (bicyclic) bond motifs is 1. The van der Waals surface area contributed by atoms with Crippen molar-refractivity contribution >= 4 is 44.7 Å². The summed E-state index contributed by atoms with van der Waals surface area (Å²) in [6.07, 6.45) is 7.78. The number of nitrogens with one attached hydrogen (secondary N) is 2. The van der Waals surface area contributed by atoms with Crippen LogP contribution >= 0.6 is 22.9 Å². The summed E-state index contributed by atoms with van der Waals surface area (Å²) < 4.78 is 6.96. The second-order valence-corrected chi connectivity index (χ2v) is 8.37. The van der Waals surface area contributed by atoms with Crippen molar-refractivity contribution in [1.29, 1.82) is 0 Å². The normalized spacial score (nSPS) is 20.0. The van der Waals surface area contributed by atoms with Crippen molar-refractivity contribution in [1.82, 2.24) is 20.3 Å². The van der Waals surface area contributed by atoms with E-state index in [1.165, 1.54) is 11.3 Å². The van der Waals surface area contributed by atoms with Gasteiger partial charge < -0.3 is 15.4 Å². The molecule has 6 nitrogen and oxygen atoms in total. The van der Waals surface area contributed by atoms with E-state index in [9.17, 15) is 0 Å². The zero-order valence-corrected chi connectivity index (χ0v) is 16.9. The van der Waals surface area contributed by atoms with Crippen LogP contribution in [-0.2, 0) is 0 Å². The highest BCUT2D eigenvalue weighted by atomic mass is 35.5. The van der Waals surface area contributed by atoms with Gasteiger partial charge in [0.05, 0.1) is 9.72 Å². The predicted octanol–water partition coefficient (Wildman–Crippen LogP) is 4.70. The summed E-state index contributed by atoms with van der Waals surface area (Å²) in [4.78, 5) is 14.1. The van der Waals surface area contributed by atoms with E-state index in [-0.39, 0.29) is 6.10 Å². The Bertz CT molecular complexity index is 939. The van der Waals surface area contributed by atoms with Gasteiger partial charge in [-0.25, -0.2) is 15.0 Å². The van der Waals surface area contributed by atoms with Crippen molar-refractivity contribution in [3.8, 4) is 5.88 Å². The molecule has 1 saturated carbocycles. The molecule has 0 bridgehead atoms. The van der Waals surface area contributed by atoms with Gasteiger partial charge in [0.15, 0.2) is 0 Å². The Hall–Kier alpha value is -1.96. The third-order valence-corrected chi connectivity index (χ3v) is 6.56. The number of ether oxygens (including phenoxy) is 1. The van der Waals surface area contributed by atoms with Crippen LogP contribution in [0.25, 0.3) is 10.2 Å². The molecular weight excluding hydrogens is 382 g/mol. The lowest BCUT2D eigenvalue weighted by molar-refractivity contribution is 0.137. The van der Waals surface area contributed by atoms with Gasteiger partial charge in [-0.05, 0) is 57.4 Å². The maximum absolute atomic E-state index is 6.29. The Morgan fingerprint density at radius 3 is 2.78 bits per heavy atom. The van der Waals surface area contributed by atoms with Gasteiger partial charge >= 0.3 is 0 Å². The first-order valence-electron chi connectivity index (χ1n) is 9.11. The average Bonchev–Trinajstić information content (AvgIpc) is 2.99. The highest BCUT2D eigenvalue weighted by molar-refractivity contribution is 7.22. The first-order chi connectivity index (χ1) is 13.2. The molecule has 0 saturated heterocycles. The molecule has 3 aromatic heterocycles. The SMILES string of the molecule is CNC1CCC(Oc2ncccc2Nc2ncnc3sc(Cl)c(C)c23)CC1. The lowest BCUT2D eigenvalue weighted by atomic mass is 9.93. The maximum atomic E-state index is 6.29. The minimum Gasteiger partial charge on any atom is -0.473 e. The molecule has 0 radical (unpaired) electrons. The van der Waals surface area contributed by atoms with Crippen LogP contribution in [0.2, 0.25) is 4.34 Å². The molecule has 142 valence electrons. The number of hydrogen-bond acceptors (Lipinski definition) is 7. The van der Waals surface area contributed by atoms with E-state index in [1.54, 1.807) is 12.5 Å². The molecule has 1 aliphatic carbocycles. The van der Waals surface area contributed by atoms with E-state index in [0.717, 1.165) is 57.3 Å². The Morgan fingerprint density at radius 2 is 2.00 bits per heavy atom. The van der Waals surface area contributed by atoms with Crippen molar-refractivity contribution in [3.63, 3.8) is 0 Å². The third kappa shape index (κ3) is 3.85. The van der Waals surface area contributed by atoms with Crippen LogP contribution in [-0.4, -0.2) is 34.1 Å². The molecule has 2 N–H and O–H groups in total. The quantitative estimate of drug-likeness (QED) is 0.643. The van der Waals surface area contributed by atoms with Crippen LogP contribution in [0.1, 0.15) is 31.2 Å². The van der Waals surface area contributed by atoms with Gasteiger partial charge in [0.2, 0.25) is 5.88 Å². The first-order valence-corrected chi connectivity index (χ1v) is 10.3. The summed E-state index contributed by atoms with van der Waals surface area (Å²) in [5.74, 6) is 1.33. The molecular formula is C19H22ClN5OS. The number of aryl methyl sites for hydroxylation is 1. The number of pyridine rings is 1. The van der Waals surface area contributed by atoms with E-state index in [0.29, 0.717) is 11.9 Å². The zero-order valence-electron chi connectivity index (χ0n) is 15.3. The van der Waals surface area contributed by atoms with Gasteiger partial charge in [0, 0.05) is 12.2 Å². The van der Waals surface area contributed by atoms with Crippen molar-refractivity contribution in [3.05, 3.63) is 34.6 Å². The maximum Gasteiger partial charge on any atom is 0.238 e. The fraction of sp³-hybridized carbons (Fsp3) is 0.421. The number of anilines is 2. The van der Waals surface area contributed by atoms with Crippen molar-refractivity contribution in [2.24, 2.45) is 0 Å². The minimum absolute atomic E-state index is 0.188. The summed E-state index contributed by atoms with van der Waals surface area (Å²) in [6.45, 7) is 1.98. The number of thiophene rings is 1. The number of nitrogens with zero attached hydrogens (tertiary/aromatic N) is 3. The van der Waals surface area contributed by atoms with E-state index < -0.39 is 0 Å². The standard InChI is InChI=1S/C19H22ClN5OS/c1-11-15-17(23-10-24-19(15)27-16(11)20)25-14-4-3-9-22-18(14)26-13-7-5-12(21-2)6-8-13/h3-4,9-10,12-13,21H,5-8H2,1-2H3,(H,23,24,25). The molecule has 1 aliphatic rings. The van der Waals surface area contributed by atoms with Gasteiger partial charge in [-0.2, -0.15) is 0 Å². The van der Waals surface area contributed by atoms with Gasteiger partial charge in [-0.15, -0.1) is 11.3 Å². The van der Waals surface area contributed by atoms with Crippen LogP contribution in [0.4, 0.5) is 11.5 Å². The van der Waals surface area contributed by atoms with Gasteiger partial charge in [0.1, 0.15) is 28.8 Å². The smallest absolute Gasteiger partial charge is 0.238 e. The second-order valence-electron chi connectivity index (χ2n) is 6.76. The molecule has 4 rings (SSSR count). The fourth-order valence-corrected chi connectivity index (χ4v) is 4.66. The number of rotatable bonds is 5. The molecule has 0 aliphatic heterocycles. The summed E-state index contributed by atoms with van der Waals surface area (Å²) in [6, 6.07) is 4.43. The highest BCUT2D eigenvalue weighted by Gasteiger charge is 2.23. The molecule has 8 heteroatoms. The largest absolute Gasteiger partial charge is 0.473 e. The summed E-state index contributed by atoms with van der Waals surface area (Å²) in [5.41, 5.74) is 1.78. The second kappa shape index (κ2) is 7.96. The van der Waals surface area contributed by atoms with Gasteiger partial charge in [0.25, 0.3) is 0 Å². The van der Waals surface area contributed by atoms with Gasteiger partial charge in [-0.3, -0.25) is 0 Å². The molecule has 0 aromatic carbocycles. The Morgan fingerprint density at radius 1 is 1.19 bits per heavy atom. The fourth-order valence-electron chi connectivity index (χ4n) is 3.47. The van der Waals surface area contributed by atoms with E-state index in [2.05, 4.69) is 25.6 Å². The zero-order chi connectivity index (χ0) is 18.8. The monoisotopic (exact) mass is 403 g/mol. The van der Waals surface area contributed by atoms with Crippen LogP contribution in [0.3, 0.4) is 0 Å². The van der Waals surface area contributed by atoms with Crippen molar-refractivity contribution in [2.75, 3.05) is 12.4 Å². The number of aromatic nitrogens is 3. The van der Waals surface area contributed by atoms with E-state index >= 15 is 0 Å². The molecule has 0 spiro atoms. The molecule has 0 unspecified atom stereocenters. The lowest BCUT2D eigenvalue weighted by Crippen LogP contribution is -2.34. The van der Waals surface area contributed by atoms with Crippen LogP contribution in [0.5, 0.6) is 5.88 Å². The third-order valence-electron chi connectivity index (χ3n) is 5.05. The van der Waals surface area contributed by atoms with Crippen molar-refractivity contribution in [2.45, 2.75) is 44.8 Å². The van der Waals surface area contributed by atoms with E-state index in [1.807, 2.05) is 26.1 Å². The molecule has 27 heavy (non-hydrogen) atoms. The first kappa shape index (κ1) is 18.4. The number of hydrogen-bond donors (Lipinski definition) is 2. The molecule has 0 atom stereocenters. The molecule has 3 aromatic rings. The minimum atomic E-state index is 0.188. The summed E-state index contributed by atoms with van der Waals surface area (Å²) >= 11 is 7.75. The van der Waals surface area contributed by atoms with Crippen LogP contribution < -0.4 is 15.4 Å². The Labute approximate surface area is 167 Å². The van der Waals surface area contributed by atoms with Crippen LogP contribution in [0, 0.1) is 6.92 Å². The summed E-state index contributed by atoms with van der Waals surface area (Å²) in [5, 5.41) is 7.67. The topological polar surface area (TPSA) is 72.0 Å². The average molecular weight is 404 g/mol. The predicted molar refractivity (Wildman–Crippen MR) is 110 cm³/mol. The molecule has 0 amide bonds.